The molecule has 0 heterocycles. The molecule has 0 amide bonds. The number of alkyl halides is 1. The standard InChI is InChI=1S/C32H63Cl/c1-3-5-7-9-11-12-13-14-15-16-17-18-21-25-29-32(28-24-20-10-8-6-4-2)30-26-22-19-23-27-31-33/h25,29,32H,3-24,26-28,30-31H2,1-2H3/b29-25-. The largest absolute Gasteiger partial charge is 0.127 e. The second-order valence-corrected chi connectivity index (χ2v) is 11.0. The molecule has 0 bridgehead atoms. The van der Waals surface area contributed by atoms with Crippen LogP contribution in [0.5, 0.6) is 0 Å². The zero-order valence-corrected chi connectivity index (χ0v) is 24.0. The highest BCUT2D eigenvalue weighted by Gasteiger charge is 2.05. The van der Waals surface area contributed by atoms with Crippen LogP contribution in [0.4, 0.5) is 0 Å². The Labute approximate surface area is 216 Å². The molecule has 0 aliphatic carbocycles. The molecule has 0 radical (unpaired) electrons. The average Bonchev–Trinajstić information content (AvgIpc) is 2.83. The van der Waals surface area contributed by atoms with Gasteiger partial charge in [-0.15, -0.1) is 11.6 Å². The zero-order chi connectivity index (χ0) is 24.1. The third-order valence-corrected chi connectivity index (χ3v) is 7.54. The van der Waals surface area contributed by atoms with Gasteiger partial charge >= 0.3 is 0 Å². The van der Waals surface area contributed by atoms with Crippen LogP contribution in [0.15, 0.2) is 12.2 Å². The molecule has 1 atom stereocenters. The molecule has 0 aromatic heterocycles. The third kappa shape index (κ3) is 28.2. The van der Waals surface area contributed by atoms with E-state index in [1.54, 1.807) is 0 Å². The SMILES string of the molecule is CCCCCCCCCCCCCC/C=C\C(CCCCCCCC)CCCCCCCCl. The van der Waals surface area contributed by atoms with E-state index in [-0.39, 0.29) is 0 Å². The maximum Gasteiger partial charge on any atom is 0.0223 e. The molecule has 0 spiro atoms. The van der Waals surface area contributed by atoms with Gasteiger partial charge < -0.3 is 0 Å². The van der Waals surface area contributed by atoms with Crippen LogP contribution < -0.4 is 0 Å². The highest BCUT2D eigenvalue weighted by molar-refractivity contribution is 6.17. The van der Waals surface area contributed by atoms with Crippen molar-refractivity contribution in [2.45, 2.75) is 181 Å². The van der Waals surface area contributed by atoms with E-state index in [9.17, 15) is 0 Å². The Morgan fingerprint density at radius 1 is 0.455 bits per heavy atom. The fourth-order valence-electron chi connectivity index (χ4n) is 4.95. The van der Waals surface area contributed by atoms with Crippen LogP contribution >= 0.6 is 11.6 Å². The van der Waals surface area contributed by atoms with Gasteiger partial charge in [-0.2, -0.15) is 0 Å². The maximum absolute atomic E-state index is 5.81. The third-order valence-electron chi connectivity index (χ3n) is 7.27. The van der Waals surface area contributed by atoms with Crippen LogP contribution in [-0.4, -0.2) is 5.88 Å². The van der Waals surface area contributed by atoms with Crippen molar-refractivity contribution in [3.05, 3.63) is 12.2 Å². The Kier molecular flexibility index (Phi) is 30.1. The fourth-order valence-corrected chi connectivity index (χ4v) is 5.14. The molecule has 198 valence electrons. The molecule has 0 aliphatic rings. The van der Waals surface area contributed by atoms with Crippen molar-refractivity contribution in [2.75, 3.05) is 5.88 Å². The van der Waals surface area contributed by atoms with Crippen LogP contribution in [0.25, 0.3) is 0 Å². The first-order valence-electron chi connectivity index (χ1n) is 15.6. The summed E-state index contributed by atoms with van der Waals surface area (Å²) in [5, 5.41) is 0. The molecule has 33 heavy (non-hydrogen) atoms. The molecular weight excluding hydrogens is 420 g/mol. The summed E-state index contributed by atoms with van der Waals surface area (Å²) >= 11 is 5.81. The van der Waals surface area contributed by atoms with Crippen LogP contribution in [0, 0.1) is 5.92 Å². The number of hydrogen-bond donors (Lipinski definition) is 0. The predicted molar refractivity (Wildman–Crippen MR) is 155 cm³/mol. The first-order valence-corrected chi connectivity index (χ1v) is 16.1. The Morgan fingerprint density at radius 3 is 1.24 bits per heavy atom. The van der Waals surface area contributed by atoms with E-state index >= 15 is 0 Å². The smallest absolute Gasteiger partial charge is 0.0223 e. The first-order chi connectivity index (χ1) is 16.3. The van der Waals surface area contributed by atoms with Gasteiger partial charge in [-0.25, -0.2) is 0 Å². The Bertz CT molecular complexity index is 346. The van der Waals surface area contributed by atoms with Crippen molar-refractivity contribution in [3.8, 4) is 0 Å². The minimum absolute atomic E-state index is 0.835. The normalized spacial score (nSPS) is 12.7. The summed E-state index contributed by atoms with van der Waals surface area (Å²) in [4.78, 5) is 0. The second-order valence-electron chi connectivity index (χ2n) is 10.7. The first kappa shape index (κ1) is 33.0. The van der Waals surface area contributed by atoms with Gasteiger partial charge in [-0.1, -0.05) is 161 Å². The van der Waals surface area contributed by atoms with E-state index in [4.69, 9.17) is 11.6 Å². The minimum atomic E-state index is 0.835. The summed E-state index contributed by atoms with van der Waals surface area (Å²) in [6, 6.07) is 0. The summed E-state index contributed by atoms with van der Waals surface area (Å²) in [5.74, 6) is 1.67. The van der Waals surface area contributed by atoms with E-state index in [2.05, 4.69) is 26.0 Å². The van der Waals surface area contributed by atoms with Gasteiger partial charge in [0.2, 0.25) is 0 Å². The van der Waals surface area contributed by atoms with Gasteiger partial charge in [-0.3, -0.25) is 0 Å². The van der Waals surface area contributed by atoms with Gasteiger partial charge in [0.1, 0.15) is 0 Å². The van der Waals surface area contributed by atoms with E-state index in [1.807, 2.05) is 0 Å². The Balaban J connectivity index is 3.78. The summed E-state index contributed by atoms with van der Waals surface area (Å²) in [6.07, 6.45) is 41.9. The quantitative estimate of drug-likeness (QED) is 0.0590. The molecule has 0 saturated carbocycles. The lowest BCUT2D eigenvalue weighted by atomic mass is 9.93. The summed E-state index contributed by atoms with van der Waals surface area (Å²) in [7, 11) is 0. The summed E-state index contributed by atoms with van der Waals surface area (Å²) in [6.45, 7) is 4.61. The molecule has 0 nitrogen and oxygen atoms in total. The highest BCUT2D eigenvalue weighted by Crippen LogP contribution is 2.21. The summed E-state index contributed by atoms with van der Waals surface area (Å²) in [5.41, 5.74) is 0. The van der Waals surface area contributed by atoms with Crippen LogP contribution in [0.2, 0.25) is 0 Å². The lowest BCUT2D eigenvalue weighted by Gasteiger charge is -2.13. The van der Waals surface area contributed by atoms with E-state index in [0.717, 1.165) is 11.8 Å². The number of unbranched alkanes of at least 4 members (excludes halogenated alkanes) is 21. The van der Waals surface area contributed by atoms with Gasteiger partial charge in [-0.05, 0) is 38.0 Å². The molecule has 1 heteroatoms. The van der Waals surface area contributed by atoms with E-state index < -0.39 is 0 Å². The lowest BCUT2D eigenvalue weighted by molar-refractivity contribution is 0.466. The summed E-state index contributed by atoms with van der Waals surface area (Å²) < 4.78 is 0. The Morgan fingerprint density at radius 2 is 0.818 bits per heavy atom. The molecule has 0 N–H and O–H groups in total. The molecule has 0 rings (SSSR count). The highest BCUT2D eigenvalue weighted by atomic mass is 35.5. The van der Waals surface area contributed by atoms with Crippen molar-refractivity contribution >= 4 is 11.6 Å². The van der Waals surface area contributed by atoms with Gasteiger partial charge in [0, 0.05) is 5.88 Å². The van der Waals surface area contributed by atoms with Crippen molar-refractivity contribution in [1.29, 1.82) is 0 Å². The molecule has 0 aliphatic heterocycles. The molecule has 0 aromatic rings. The lowest BCUT2D eigenvalue weighted by Crippen LogP contribution is -1.98. The number of halogens is 1. The molecule has 0 aromatic carbocycles. The number of hydrogen-bond acceptors (Lipinski definition) is 0. The van der Waals surface area contributed by atoms with Crippen LogP contribution in [-0.2, 0) is 0 Å². The average molecular weight is 483 g/mol. The fraction of sp³-hybridized carbons (Fsp3) is 0.938. The molecular formula is C32H63Cl. The van der Waals surface area contributed by atoms with Gasteiger partial charge in [0.15, 0.2) is 0 Å². The van der Waals surface area contributed by atoms with Crippen LogP contribution in [0.1, 0.15) is 181 Å². The van der Waals surface area contributed by atoms with Gasteiger partial charge in [0.25, 0.3) is 0 Å². The minimum Gasteiger partial charge on any atom is -0.127 e. The topological polar surface area (TPSA) is 0 Å². The molecule has 0 fully saturated rings. The number of rotatable bonds is 28. The zero-order valence-electron chi connectivity index (χ0n) is 23.2. The molecule has 1 unspecified atom stereocenters. The number of allylic oxidation sites excluding steroid dienone is 2. The van der Waals surface area contributed by atoms with Gasteiger partial charge in [0.05, 0.1) is 0 Å². The van der Waals surface area contributed by atoms with Crippen LogP contribution in [0.3, 0.4) is 0 Å². The van der Waals surface area contributed by atoms with E-state index in [1.165, 1.54) is 167 Å². The van der Waals surface area contributed by atoms with E-state index in [0.29, 0.717) is 0 Å². The second kappa shape index (κ2) is 30.1. The van der Waals surface area contributed by atoms with Crippen molar-refractivity contribution in [3.63, 3.8) is 0 Å². The predicted octanol–water partition coefficient (Wildman–Crippen LogP) is 12.6. The monoisotopic (exact) mass is 482 g/mol. The van der Waals surface area contributed by atoms with Crippen molar-refractivity contribution < 1.29 is 0 Å². The molecule has 0 saturated heterocycles. The van der Waals surface area contributed by atoms with Crippen molar-refractivity contribution in [1.82, 2.24) is 0 Å². The Hall–Kier alpha value is 0.0300. The van der Waals surface area contributed by atoms with Crippen molar-refractivity contribution in [2.24, 2.45) is 5.92 Å². The maximum atomic E-state index is 5.81.